The molecular formula is C14H17NO. The van der Waals surface area contributed by atoms with Crippen LogP contribution in [0.3, 0.4) is 0 Å². The summed E-state index contributed by atoms with van der Waals surface area (Å²) in [5, 5.41) is 11.3. The third kappa shape index (κ3) is 1.65. The molecule has 84 valence electrons. The van der Waals surface area contributed by atoms with Crippen LogP contribution in [0.25, 0.3) is 10.9 Å². The van der Waals surface area contributed by atoms with Crippen molar-refractivity contribution in [1.82, 2.24) is 4.57 Å². The number of rotatable bonds is 3. The van der Waals surface area contributed by atoms with Gasteiger partial charge in [0.05, 0.1) is 6.10 Å². The number of aryl methyl sites for hydroxylation is 1. The van der Waals surface area contributed by atoms with Crippen LogP contribution in [0.5, 0.6) is 0 Å². The van der Waals surface area contributed by atoms with Crippen LogP contribution in [0.2, 0.25) is 0 Å². The topological polar surface area (TPSA) is 25.2 Å². The van der Waals surface area contributed by atoms with Gasteiger partial charge in [-0.25, -0.2) is 0 Å². The van der Waals surface area contributed by atoms with Crippen LogP contribution in [0, 0.1) is 5.92 Å². The van der Waals surface area contributed by atoms with Crippen molar-refractivity contribution >= 4 is 10.9 Å². The summed E-state index contributed by atoms with van der Waals surface area (Å²) in [4.78, 5) is 0. The van der Waals surface area contributed by atoms with Gasteiger partial charge in [0.2, 0.25) is 0 Å². The molecule has 2 atom stereocenters. The van der Waals surface area contributed by atoms with Gasteiger partial charge in [0.1, 0.15) is 0 Å². The number of hydrogen-bond acceptors (Lipinski definition) is 1. The molecule has 0 aliphatic carbocycles. The van der Waals surface area contributed by atoms with Gasteiger partial charge < -0.3 is 9.67 Å². The molecule has 1 aromatic heterocycles. The van der Waals surface area contributed by atoms with Crippen molar-refractivity contribution in [3.8, 4) is 0 Å². The van der Waals surface area contributed by atoms with Crippen molar-refractivity contribution in [2.24, 2.45) is 13.0 Å². The molecule has 0 spiro atoms. The van der Waals surface area contributed by atoms with Crippen LogP contribution in [-0.2, 0) is 7.05 Å². The van der Waals surface area contributed by atoms with Crippen LogP contribution >= 0.6 is 0 Å². The molecule has 0 fully saturated rings. The van der Waals surface area contributed by atoms with Crippen molar-refractivity contribution in [2.75, 3.05) is 0 Å². The first kappa shape index (κ1) is 11.0. The van der Waals surface area contributed by atoms with E-state index in [1.165, 1.54) is 0 Å². The van der Waals surface area contributed by atoms with Gasteiger partial charge in [-0.3, -0.25) is 0 Å². The summed E-state index contributed by atoms with van der Waals surface area (Å²) in [5.41, 5.74) is 2.08. The van der Waals surface area contributed by atoms with Gasteiger partial charge >= 0.3 is 0 Å². The monoisotopic (exact) mass is 215 g/mol. The first-order valence-electron chi connectivity index (χ1n) is 5.50. The highest BCUT2D eigenvalue weighted by atomic mass is 16.3. The van der Waals surface area contributed by atoms with E-state index in [4.69, 9.17) is 0 Å². The highest BCUT2D eigenvalue weighted by Crippen LogP contribution is 2.27. The quantitative estimate of drug-likeness (QED) is 0.782. The molecule has 2 nitrogen and oxygen atoms in total. The van der Waals surface area contributed by atoms with E-state index in [1.54, 1.807) is 6.08 Å². The average Bonchev–Trinajstić information content (AvgIpc) is 2.65. The molecule has 16 heavy (non-hydrogen) atoms. The molecule has 2 heteroatoms. The lowest BCUT2D eigenvalue weighted by Gasteiger charge is -2.16. The maximum absolute atomic E-state index is 10.2. The first-order chi connectivity index (χ1) is 7.65. The smallest absolute Gasteiger partial charge is 0.0999 e. The summed E-state index contributed by atoms with van der Waals surface area (Å²) in [6.45, 7) is 5.69. The maximum Gasteiger partial charge on any atom is 0.0999 e. The fourth-order valence-electron chi connectivity index (χ4n) is 1.99. The third-order valence-electron chi connectivity index (χ3n) is 3.16. The van der Waals surface area contributed by atoms with Crippen LogP contribution < -0.4 is 0 Å². The number of benzene rings is 1. The first-order valence-corrected chi connectivity index (χ1v) is 5.50. The maximum atomic E-state index is 10.2. The molecule has 1 aromatic carbocycles. The lowest BCUT2D eigenvalue weighted by Crippen LogP contribution is -2.10. The average molecular weight is 215 g/mol. The number of aliphatic hydroxyl groups excluding tert-OH is 1. The zero-order valence-corrected chi connectivity index (χ0v) is 9.72. The molecule has 0 amide bonds. The Morgan fingerprint density at radius 2 is 2.06 bits per heavy atom. The number of hydrogen-bond donors (Lipinski definition) is 1. The summed E-state index contributed by atoms with van der Waals surface area (Å²) in [6, 6.07) is 10.2. The second-order valence-electron chi connectivity index (χ2n) is 4.23. The van der Waals surface area contributed by atoms with Crippen molar-refractivity contribution in [2.45, 2.75) is 13.0 Å². The summed E-state index contributed by atoms with van der Waals surface area (Å²) in [7, 11) is 1.98. The van der Waals surface area contributed by atoms with E-state index in [-0.39, 0.29) is 5.92 Å². The Labute approximate surface area is 95.8 Å². The Morgan fingerprint density at radius 1 is 1.38 bits per heavy atom. The molecule has 0 unspecified atom stereocenters. The fourth-order valence-corrected chi connectivity index (χ4v) is 1.99. The Bertz CT molecular complexity index is 512. The number of fused-ring (bicyclic) bond motifs is 1. The predicted molar refractivity (Wildman–Crippen MR) is 67.2 cm³/mol. The van der Waals surface area contributed by atoms with Gasteiger partial charge in [0.15, 0.2) is 0 Å². The van der Waals surface area contributed by atoms with E-state index in [2.05, 4.69) is 18.7 Å². The van der Waals surface area contributed by atoms with E-state index < -0.39 is 6.10 Å². The minimum atomic E-state index is -0.491. The van der Waals surface area contributed by atoms with Crippen molar-refractivity contribution in [3.05, 3.63) is 48.7 Å². The molecular weight excluding hydrogens is 198 g/mol. The normalized spacial score (nSPS) is 14.9. The predicted octanol–water partition coefficient (Wildman–Crippen LogP) is 3.03. The van der Waals surface area contributed by atoms with E-state index in [9.17, 15) is 5.11 Å². The van der Waals surface area contributed by atoms with Crippen molar-refractivity contribution in [3.63, 3.8) is 0 Å². The minimum Gasteiger partial charge on any atom is -0.386 e. The van der Waals surface area contributed by atoms with Gasteiger partial charge in [-0.05, 0) is 17.5 Å². The van der Waals surface area contributed by atoms with Gasteiger partial charge in [0, 0.05) is 24.2 Å². The molecule has 0 bridgehead atoms. The summed E-state index contributed by atoms with van der Waals surface area (Å²) in [6.07, 6.45) is 1.29. The lowest BCUT2D eigenvalue weighted by molar-refractivity contribution is 0.132. The summed E-state index contributed by atoms with van der Waals surface area (Å²) >= 11 is 0. The number of nitrogens with zero attached hydrogens (tertiary/aromatic N) is 1. The van der Waals surface area contributed by atoms with E-state index in [0.717, 1.165) is 16.6 Å². The van der Waals surface area contributed by atoms with E-state index >= 15 is 0 Å². The van der Waals surface area contributed by atoms with Gasteiger partial charge in [-0.1, -0.05) is 31.2 Å². The zero-order chi connectivity index (χ0) is 11.7. The molecule has 0 saturated carbocycles. The minimum absolute atomic E-state index is 0.0583. The summed E-state index contributed by atoms with van der Waals surface area (Å²) in [5.74, 6) is 0.0583. The zero-order valence-electron chi connectivity index (χ0n) is 9.72. The number of para-hydroxylation sites is 1. The molecule has 0 aliphatic heterocycles. The summed E-state index contributed by atoms with van der Waals surface area (Å²) < 4.78 is 2.04. The fraction of sp³-hybridized carbons (Fsp3) is 0.286. The van der Waals surface area contributed by atoms with Gasteiger partial charge in [-0.2, -0.15) is 0 Å². The standard InChI is InChI=1S/C14H17NO/c1-4-10(2)14(16)13-9-11-7-5-6-8-12(11)15(13)3/h4-10,14,16H,1H2,2-3H3/t10-,14-/m0/s1. The van der Waals surface area contributed by atoms with Crippen LogP contribution in [0.1, 0.15) is 18.7 Å². The Morgan fingerprint density at radius 3 is 2.69 bits per heavy atom. The second-order valence-corrected chi connectivity index (χ2v) is 4.23. The van der Waals surface area contributed by atoms with E-state index in [1.807, 2.05) is 36.7 Å². The Balaban J connectivity index is 2.53. The van der Waals surface area contributed by atoms with E-state index in [0.29, 0.717) is 0 Å². The van der Waals surface area contributed by atoms with Gasteiger partial charge in [-0.15, -0.1) is 6.58 Å². The Kier molecular flexibility index (Phi) is 2.84. The molecule has 1 N–H and O–H groups in total. The number of aliphatic hydroxyl groups is 1. The molecule has 2 rings (SSSR count). The highest BCUT2D eigenvalue weighted by Gasteiger charge is 2.17. The Hall–Kier alpha value is -1.54. The SMILES string of the molecule is C=C[C@H](C)[C@H](O)c1cc2ccccc2n1C. The molecule has 0 aliphatic rings. The molecule has 0 radical (unpaired) electrons. The van der Waals surface area contributed by atoms with Crippen molar-refractivity contribution in [1.29, 1.82) is 0 Å². The number of aromatic nitrogens is 1. The lowest BCUT2D eigenvalue weighted by atomic mass is 10.0. The highest BCUT2D eigenvalue weighted by molar-refractivity contribution is 5.81. The third-order valence-corrected chi connectivity index (χ3v) is 3.16. The van der Waals surface area contributed by atoms with Crippen LogP contribution in [0.4, 0.5) is 0 Å². The molecule has 2 aromatic rings. The van der Waals surface area contributed by atoms with Crippen molar-refractivity contribution < 1.29 is 5.11 Å². The largest absolute Gasteiger partial charge is 0.386 e. The van der Waals surface area contributed by atoms with Gasteiger partial charge in [0.25, 0.3) is 0 Å². The van der Waals surface area contributed by atoms with Crippen LogP contribution in [-0.4, -0.2) is 9.67 Å². The second kappa shape index (κ2) is 4.14. The van der Waals surface area contributed by atoms with Crippen LogP contribution in [0.15, 0.2) is 43.0 Å². The molecule has 1 heterocycles. The molecule has 0 saturated heterocycles.